The minimum atomic E-state index is -0.570. The molecular formula is C16H16FN5OS. The average Bonchev–Trinajstić information content (AvgIpc) is 3.15. The minimum Gasteiger partial charge on any atom is -0.298 e. The Morgan fingerprint density at radius 2 is 2.04 bits per heavy atom. The summed E-state index contributed by atoms with van der Waals surface area (Å²) >= 11 is 1.27. The molecule has 0 atom stereocenters. The molecule has 6 nitrogen and oxygen atoms in total. The van der Waals surface area contributed by atoms with E-state index in [-0.39, 0.29) is 11.0 Å². The van der Waals surface area contributed by atoms with E-state index < -0.39 is 11.7 Å². The Morgan fingerprint density at radius 1 is 1.29 bits per heavy atom. The largest absolute Gasteiger partial charge is 0.298 e. The number of aromatic nitrogens is 4. The zero-order chi connectivity index (χ0) is 17.3. The number of thiazole rings is 1. The summed E-state index contributed by atoms with van der Waals surface area (Å²) in [5.41, 5.74) is 0.507. The minimum absolute atomic E-state index is 0.0210. The van der Waals surface area contributed by atoms with Crippen molar-refractivity contribution in [3.63, 3.8) is 0 Å². The normalized spacial score (nSPS) is 11.5. The second-order valence-electron chi connectivity index (χ2n) is 6.20. The molecule has 0 unspecified atom stereocenters. The van der Waals surface area contributed by atoms with Crippen LogP contribution in [0.1, 0.15) is 36.8 Å². The van der Waals surface area contributed by atoms with Crippen molar-refractivity contribution in [2.75, 3.05) is 5.32 Å². The van der Waals surface area contributed by atoms with E-state index in [4.69, 9.17) is 0 Å². The summed E-state index contributed by atoms with van der Waals surface area (Å²) < 4.78 is 15.3. The van der Waals surface area contributed by atoms with Gasteiger partial charge in [0.25, 0.3) is 5.91 Å². The highest BCUT2D eigenvalue weighted by Crippen LogP contribution is 2.34. The summed E-state index contributed by atoms with van der Waals surface area (Å²) in [5.74, 6) is -1.11. The summed E-state index contributed by atoms with van der Waals surface area (Å²) in [6, 6.07) is 5.83. The van der Waals surface area contributed by atoms with E-state index in [0.29, 0.717) is 5.13 Å². The molecular weight excluding hydrogens is 329 g/mol. The number of hydrogen-bond acceptors (Lipinski definition) is 5. The third kappa shape index (κ3) is 3.18. The van der Waals surface area contributed by atoms with E-state index in [9.17, 15) is 9.18 Å². The van der Waals surface area contributed by atoms with Gasteiger partial charge in [0.05, 0.1) is 11.3 Å². The van der Waals surface area contributed by atoms with Crippen molar-refractivity contribution in [2.45, 2.75) is 26.2 Å². The Kier molecular flexibility index (Phi) is 4.15. The summed E-state index contributed by atoms with van der Waals surface area (Å²) in [6.07, 6.45) is 3.01. The van der Waals surface area contributed by atoms with E-state index in [0.717, 1.165) is 10.7 Å². The number of nitrogens with one attached hydrogen (secondary N) is 1. The zero-order valence-corrected chi connectivity index (χ0v) is 14.3. The molecule has 0 saturated heterocycles. The number of benzene rings is 1. The number of hydrogen-bond donors (Lipinski definition) is 1. The molecule has 0 radical (unpaired) electrons. The Hall–Kier alpha value is -2.61. The van der Waals surface area contributed by atoms with Gasteiger partial charge in [-0.25, -0.2) is 19.0 Å². The van der Waals surface area contributed by atoms with Crippen LogP contribution < -0.4 is 5.32 Å². The number of nitrogens with zero attached hydrogens (tertiary/aromatic N) is 4. The lowest BCUT2D eigenvalue weighted by atomic mass is 9.92. The number of amides is 1. The predicted octanol–water partition coefficient (Wildman–Crippen LogP) is 3.41. The molecule has 3 aromatic rings. The fraction of sp³-hybridized carbons (Fsp3) is 0.250. The van der Waals surface area contributed by atoms with Crippen LogP contribution in [0.25, 0.3) is 5.00 Å². The molecule has 0 aliphatic heterocycles. The van der Waals surface area contributed by atoms with Gasteiger partial charge in [-0.2, -0.15) is 5.10 Å². The van der Waals surface area contributed by atoms with Crippen molar-refractivity contribution in [3.05, 3.63) is 54.0 Å². The van der Waals surface area contributed by atoms with Crippen molar-refractivity contribution < 1.29 is 9.18 Å². The first-order valence-electron chi connectivity index (χ1n) is 7.28. The smallest absolute Gasteiger partial charge is 0.260 e. The number of rotatable bonds is 3. The number of carbonyl (C=O) groups excluding carboxylic acids is 1. The SMILES string of the molecule is CC(C)(C)c1nc(NC(=O)c2ccccc2F)sc1-n1cncn1. The lowest BCUT2D eigenvalue weighted by Crippen LogP contribution is -2.16. The first-order chi connectivity index (χ1) is 11.4. The van der Waals surface area contributed by atoms with Gasteiger partial charge in [-0.05, 0) is 12.1 Å². The lowest BCUT2D eigenvalue weighted by Gasteiger charge is -2.16. The Labute approximate surface area is 142 Å². The Balaban J connectivity index is 1.95. The maximum Gasteiger partial charge on any atom is 0.260 e. The molecule has 0 bridgehead atoms. The number of halogens is 1. The fourth-order valence-corrected chi connectivity index (χ4v) is 3.23. The zero-order valence-electron chi connectivity index (χ0n) is 13.4. The van der Waals surface area contributed by atoms with Gasteiger partial charge in [0.1, 0.15) is 23.5 Å². The predicted molar refractivity (Wildman–Crippen MR) is 90.1 cm³/mol. The van der Waals surface area contributed by atoms with Crippen LogP contribution in [0.2, 0.25) is 0 Å². The van der Waals surface area contributed by atoms with Crippen LogP contribution in [0.5, 0.6) is 0 Å². The van der Waals surface area contributed by atoms with Crippen LogP contribution in [0.4, 0.5) is 9.52 Å². The average molecular weight is 345 g/mol. The second kappa shape index (κ2) is 6.12. The maximum atomic E-state index is 13.7. The molecule has 1 N–H and O–H groups in total. The molecule has 0 fully saturated rings. The quantitative estimate of drug-likeness (QED) is 0.789. The molecule has 1 aromatic carbocycles. The summed E-state index contributed by atoms with van der Waals surface area (Å²) in [6.45, 7) is 6.06. The van der Waals surface area contributed by atoms with Crippen LogP contribution in [-0.2, 0) is 5.41 Å². The van der Waals surface area contributed by atoms with E-state index in [1.165, 1.54) is 35.9 Å². The molecule has 2 heterocycles. The van der Waals surface area contributed by atoms with Crippen LogP contribution in [0, 0.1) is 5.82 Å². The van der Waals surface area contributed by atoms with Crippen molar-refractivity contribution in [1.82, 2.24) is 19.7 Å². The van der Waals surface area contributed by atoms with E-state index in [1.807, 2.05) is 20.8 Å². The summed E-state index contributed by atoms with van der Waals surface area (Å²) in [7, 11) is 0. The van der Waals surface area contributed by atoms with E-state index in [2.05, 4.69) is 20.4 Å². The van der Waals surface area contributed by atoms with Crippen LogP contribution in [0.15, 0.2) is 36.9 Å². The van der Waals surface area contributed by atoms with Gasteiger partial charge >= 0.3 is 0 Å². The van der Waals surface area contributed by atoms with Gasteiger partial charge in [0, 0.05) is 5.41 Å². The number of anilines is 1. The standard InChI is InChI=1S/C16H16FN5OS/c1-16(2,3)12-14(22-9-18-8-19-22)24-15(20-12)21-13(23)10-6-4-5-7-11(10)17/h4-9H,1-3H3,(H,20,21,23). The highest BCUT2D eigenvalue weighted by Gasteiger charge is 2.26. The van der Waals surface area contributed by atoms with Crippen molar-refractivity contribution >= 4 is 22.4 Å². The molecule has 0 aliphatic carbocycles. The molecule has 124 valence electrons. The van der Waals surface area contributed by atoms with Gasteiger partial charge in [0.2, 0.25) is 0 Å². The molecule has 3 rings (SSSR count). The molecule has 0 spiro atoms. The first-order valence-corrected chi connectivity index (χ1v) is 8.10. The highest BCUT2D eigenvalue weighted by atomic mass is 32.1. The van der Waals surface area contributed by atoms with Crippen molar-refractivity contribution in [3.8, 4) is 5.00 Å². The molecule has 0 aliphatic rings. The van der Waals surface area contributed by atoms with Crippen LogP contribution in [0.3, 0.4) is 0 Å². The first kappa shape index (κ1) is 16.3. The van der Waals surface area contributed by atoms with Gasteiger partial charge < -0.3 is 0 Å². The highest BCUT2D eigenvalue weighted by molar-refractivity contribution is 7.18. The maximum absolute atomic E-state index is 13.7. The van der Waals surface area contributed by atoms with Crippen molar-refractivity contribution in [2.24, 2.45) is 0 Å². The monoisotopic (exact) mass is 345 g/mol. The van der Waals surface area contributed by atoms with Gasteiger partial charge in [-0.15, -0.1) is 0 Å². The molecule has 8 heteroatoms. The van der Waals surface area contributed by atoms with Crippen molar-refractivity contribution in [1.29, 1.82) is 0 Å². The molecule has 24 heavy (non-hydrogen) atoms. The van der Waals surface area contributed by atoms with Gasteiger partial charge in [0.15, 0.2) is 5.13 Å². The second-order valence-corrected chi connectivity index (χ2v) is 7.17. The molecule has 1 amide bonds. The summed E-state index contributed by atoms with van der Waals surface area (Å²) in [5, 5.41) is 7.94. The fourth-order valence-electron chi connectivity index (χ4n) is 2.13. The molecule has 2 aromatic heterocycles. The molecule has 0 saturated carbocycles. The summed E-state index contributed by atoms with van der Waals surface area (Å²) in [4.78, 5) is 20.7. The van der Waals surface area contributed by atoms with Crippen LogP contribution in [-0.4, -0.2) is 25.7 Å². The van der Waals surface area contributed by atoms with Crippen LogP contribution >= 0.6 is 11.3 Å². The van der Waals surface area contributed by atoms with E-state index >= 15 is 0 Å². The van der Waals surface area contributed by atoms with E-state index in [1.54, 1.807) is 17.1 Å². The lowest BCUT2D eigenvalue weighted by molar-refractivity contribution is 0.102. The topological polar surface area (TPSA) is 72.7 Å². The third-order valence-corrected chi connectivity index (χ3v) is 4.25. The Morgan fingerprint density at radius 3 is 2.67 bits per heavy atom. The third-order valence-electron chi connectivity index (χ3n) is 3.29. The van der Waals surface area contributed by atoms with Gasteiger partial charge in [-0.1, -0.05) is 44.2 Å². The Bertz CT molecular complexity index is 867. The van der Waals surface area contributed by atoms with Gasteiger partial charge in [-0.3, -0.25) is 10.1 Å². The number of carbonyl (C=O) groups is 1.